The summed E-state index contributed by atoms with van der Waals surface area (Å²) in [6.07, 6.45) is 0. The normalized spacial score (nSPS) is 11.7. The van der Waals surface area contributed by atoms with Crippen molar-refractivity contribution >= 4 is 23.3 Å². The number of aromatic hydroxyl groups is 1. The highest BCUT2D eigenvalue weighted by Crippen LogP contribution is 2.41. The number of nitro benzene ring substituents is 1. The average molecular weight is 443 g/mol. The molecular weight excluding hydrogens is 412 g/mol. The van der Waals surface area contributed by atoms with Crippen LogP contribution in [0.15, 0.2) is 30.3 Å². The Morgan fingerprint density at radius 2 is 1.56 bits per heavy atom. The molecule has 0 unspecified atom stereocenters. The molecule has 2 aromatic carbocycles. The van der Waals surface area contributed by atoms with E-state index in [-0.39, 0.29) is 23.5 Å². The van der Waals surface area contributed by atoms with E-state index in [1.54, 1.807) is 19.1 Å². The van der Waals surface area contributed by atoms with Crippen LogP contribution in [0.2, 0.25) is 0 Å². The Morgan fingerprint density at radius 1 is 1.03 bits per heavy atom. The van der Waals surface area contributed by atoms with E-state index in [0.29, 0.717) is 16.8 Å². The lowest BCUT2D eigenvalue weighted by molar-refractivity contribution is -0.385. The molecule has 0 radical (unpaired) electrons. The summed E-state index contributed by atoms with van der Waals surface area (Å²) in [5, 5.41) is 25.1. The minimum absolute atomic E-state index is 0.00947. The van der Waals surface area contributed by atoms with Gasteiger partial charge in [0.2, 0.25) is 0 Å². The van der Waals surface area contributed by atoms with Crippen LogP contribution in [0, 0.1) is 10.1 Å². The number of amides is 1. The van der Waals surface area contributed by atoms with E-state index in [9.17, 15) is 24.8 Å². The van der Waals surface area contributed by atoms with Gasteiger partial charge in [0.1, 0.15) is 11.3 Å². The summed E-state index contributed by atoms with van der Waals surface area (Å²) in [5.74, 6) is -1.24. The third-order valence-corrected chi connectivity index (χ3v) is 4.93. The second kappa shape index (κ2) is 8.98. The minimum Gasteiger partial charge on any atom is -0.507 e. The zero-order chi connectivity index (χ0) is 24.4. The van der Waals surface area contributed by atoms with Crippen molar-refractivity contribution in [3.8, 4) is 5.75 Å². The van der Waals surface area contributed by atoms with Crippen molar-refractivity contribution in [2.75, 3.05) is 11.9 Å². The molecule has 0 aliphatic heterocycles. The first-order valence-corrected chi connectivity index (χ1v) is 10.3. The predicted octanol–water partition coefficient (Wildman–Crippen LogP) is 5.32. The fourth-order valence-electron chi connectivity index (χ4n) is 3.26. The molecule has 32 heavy (non-hydrogen) atoms. The molecule has 8 heteroatoms. The predicted molar refractivity (Wildman–Crippen MR) is 123 cm³/mol. The van der Waals surface area contributed by atoms with Crippen LogP contribution >= 0.6 is 0 Å². The van der Waals surface area contributed by atoms with E-state index in [1.807, 2.05) is 41.5 Å². The number of benzene rings is 2. The Labute approximate surface area is 187 Å². The SMILES string of the molecule is CCOC(=O)c1ccc(C(=O)Nc2cc(C(C)(C)C)c(O)c(C(C)(C)C)c2)c([N+](=O)[O-])c1. The molecule has 0 aliphatic rings. The van der Waals surface area contributed by atoms with Crippen LogP contribution in [0.25, 0.3) is 0 Å². The number of carbonyl (C=O) groups is 2. The van der Waals surface area contributed by atoms with Crippen LogP contribution in [0.4, 0.5) is 11.4 Å². The first-order chi connectivity index (χ1) is 14.7. The van der Waals surface area contributed by atoms with Gasteiger partial charge in [-0.25, -0.2) is 4.79 Å². The number of phenolic OH excluding ortho intramolecular Hbond substituents is 1. The van der Waals surface area contributed by atoms with Crippen molar-refractivity contribution in [2.45, 2.75) is 59.3 Å². The number of hydrogen-bond acceptors (Lipinski definition) is 6. The number of ether oxygens (including phenoxy) is 1. The molecule has 0 heterocycles. The van der Waals surface area contributed by atoms with Crippen molar-refractivity contribution in [3.63, 3.8) is 0 Å². The molecular formula is C24H30N2O6. The van der Waals surface area contributed by atoms with Gasteiger partial charge in [-0.3, -0.25) is 14.9 Å². The molecule has 8 nitrogen and oxygen atoms in total. The zero-order valence-electron chi connectivity index (χ0n) is 19.5. The molecule has 0 bridgehead atoms. The second-order valence-electron chi connectivity index (χ2n) is 9.58. The monoisotopic (exact) mass is 442 g/mol. The van der Waals surface area contributed by atoms with Crippen LogP contribution in [-0.4, -0.2) is 28.5 Å². The molecule has 0 saturated heterocycles. The van der Waals surface area contributed by atoms with Crippen LogP contribution in [0.3, 0.4) is 0 Å². The smallest absolute Gasteiger partial charge is 0.338 e. The standard InChI is InChI=1S/C24H30N2O6/c1-8-32-22(29)14-9-10-16(19(11-14)26(30)31)21(28)25-15-12-17(23(2,3)4)20(27)18(13-15)24(5,6)7/h9-13,27H,8H2,1-7H3,(H,25,28). The number of carbonyl (C=O) groups excluding carboxylic acids is 2. The Hall–Kier alpha value is -3.42. The summed E-state index contributed by atoms with van der Waals surface area (Å²) in [4.78, 5) is 35.7. The maximum absolute atomic E-state index is 13.0. The number of rotatable bonds is 5. The third kappa shape index (κ3) is 5.43. The zero-order valence-corrected chi connectivity index (χ0v) is 19.5. The van der Waals surface area contributed by atoms with Gasteiger partial charge in [0.15, 0.2) is 0 Å². The van der Waals surface area contributed by atoms with Crippen molar-refractivity contribution in [1.82, 2.24) is 0 Å². The summed E-state index contributed by atoms with van der Waals surface area (Å²) in [6.45, 7) is 13.4. The summed E-state index contributed by atoms with van der Waals surface area (Å²) in [5.41, 5.74) is 0.191. The van der Waals surface area contributed by atoms with Gasteiger partial charge >= 0.3 is 5.97 Å². The molecule has 1 amide bonds. The number of anilines is 1. The molecule has 2 N–H and O–H groups in total. The van der Waals surface area contributed by atoms with Crippen LogP contribution in [-0.2, 0) is 15.6 Å². The summed E-state index contributed by atoms with van der Waals surface area (Å²) in [7, 11) is 0. The van der Waals surface area contributed by atoms with Crippen molar-refractivity contribution < 1.29 is 24.4 Å². The van der Waals surface area contributed by atoms with Crippen LogP contribution in [0.5, 0.6) is 5.75 Å². The number of hydrogen-bond donors (Lipinski definition) is 2. The Balaban J connectivity index is 2.53. The van der Waals surface area contributed by atoms with Gasteiger partial charge in [-0.15, -0.1) is 0 Å². The first-order valence-electron chi connectivity index (χ1n) is 10.3. The lowest BCUT2D eigenvalue weighted by atomic mass is 9.79. The van der Waals surface area contributed by atoms with E-state index >= 15 is 0 Å². The summed E-state index contributed by atoms with van der Waals surface area (Å²) >= 11 is 0. The lowest BCUT2D eigenvalue weighted by Gasteiger charge is -2.28. The van der Waals surface area contributed by atoms with E-state index in [0.717, 1.165) is 6.07 Å². The third-order valence-electron chi connectivity index (χ3n) is 4.93. The molecule has 0 spiro atoms. The highest BCUT2D eigenvalue weighted by Gasteiger charge is 2.28. The van der Waals surface area contributed by atoms with E-state index in [1.165, 1.54) is 12.1 Å². The maximum Gasteiger partial charge on any atom is 0.338 e. The Morgan fingerprint density at radius 3 is 2.00 bits per heavy atom. The fraction of sp³-hybridized carbons (Fsp3) is 0.417. The maximum atomic E-state index is 13.0. The van der Waals surface area contributed by atoms with Gasteiger partial charge in [0.25, 0.3) is 11.6 Å². The number of phenols is 1. The molecule has 0 aromatic heterocycles. The van der Waals surface area contributed by atoms with Crippen molar-refractivity contribution in [3.05, 3.63) is 62.7 Å². The van der Waals surface area contributed by atoms with Gasteiger partial charge in [-0.05, 0) is 42.0 Å². The quantitative estimate of drug-likeness (QED) is 0.280. The van der Waals surface area contributed by atoms with Gasteiger partial charge < -0.3 is 15.2 Å². The van der Waals surface area contributed by atoms with Gasteiger partial charge in [0, 0.05) is 22.9 Å². The number of esters is 1. The van der Waals surface area contributed by atoms with E-state index in [2.05, 4.69) is 5.32 Å². The van der Waals surface area contributed by atoms with Crippen molar-refractivity contribution in [1.29, 1.82) is 0 Å². The van der Waals surface area contributed by atoms with Crippen LogP contribution in [0.1, 0.15) is 80.3 Å². The topological polar surface area (TPSA) is 119 Å². The second-order valence-corrected chi connectivity index (χ2v) is 9.58. The fourth-order valence-corrected chi connectivity index (χ4v) is 3.26. The van der Waals surface area contributed by atoms with E-state index < -0.39 is 33.3 Å². The lowest BCUT2D eigenvalue weighted by Crippen LogP contribution is -2.20. The summed E-state index contributed by atoms with van der Waals surface area (Å²) < 4.78 is 4.87. The van der Waals surface area contributed by atoms with Crippen LogP contribution < -0.4 is 5.32 Å². The first kappa shape index (κ1) is 24.8. The summed E-state index contributed by atoms with van der Waals surface area (Å²) in [6, 6.07) is 6.92. The van der Waals surface area contributed by atoms with E-state index in [4.69, 9.17) is 4.74 Å². The molecule has 0 atom stereocenters. The largest absolute Gasteiger partial charge is 0.507 e. The van der Waals surface area contributed by atoms with Gasteiger partial charge in [-0.1, -0.05) is 41.5 Å². The molecule has 172 valence electrons. The number of nitrogens with one attached hydrogen (secondary N) is 1. The average Bonchev–Trinajstić information content (AvgIpc) is 2.67. The molecule has 0 saturated carbocycles. The van der Waals surface area contributed by atoms with Crippen molar-refractivity contribution in [2.24, 2.45) is 0 Å². The minimum atomic E-state index is -0.713. The van der Waals surface area contributed by atoms with Gasteiger partial charge in [-0.2, -0.15) is 0 Å². The molecule has 2 aromatic rings. The Kier molecular flexibility index (Phi) is 6.97. The molecule has 2 rings (SSSR count). The van der Waals surface area contributed by atoms with Gasteiger partial charge in [0.05, 0.1) is 17.1 Å². The number of nitrogens with zero attached hydrogens (tertiary/aromatic N) is 1. The highest BCUT2D eigenvalue weighted by molar-refractivity contribution is 6.08. The Bertz CT molecular complexity index is 1030. The molecule has 0 aliphatic carbocycles. The highest BCUT2D eigenvalue weighted by atomic mass is 16.6. The molecule has 0 fully saturated rings. The number of nitro groups is 1.